The van der Waals surface area contributed by atoms with Crippen molar-refractivity contribution < 1.29 is 9.53 Å². The molecule has 140 valence electrons. The van der Waals surface area contributed by atoms with E-state index in [1.54, 1.807) is 0 Å². The predicted octanol–water partition coefficient (Wildman–Crippen LogP) is 4.27. The van der Waals surface area contributed by atoms with Gasteiger partial charge in [0.25, 0.3) is 0 Å². The van der Waals surface area contributed by atoms with E-state index in [-0.39, 0.29) is 30.3 Å². The summed E-state index contributed by atoms with van der Waals surface area (Å²) in [6.07, 6.45) is 7.96. The lowest BCUT2D eigenvalue weighted by molar-refractivity contribution is -0.119. The van der Waals surface area contributed by atoms with Crippen LogP contribution >= 0.6 is 12.4 Å². The molecular weight excluding hydrogens is 336 g/mol. The molecule has 0 radical (unpaired) electrons. The minimum Gasteiger partial charge on any atom is -0.374 e. The van der Waals surface area contributed by atoms with Crippen LogP contribution in [0.25, 0.3) is 0 Å². The highest BCUT2D eigenvalue weighted by atomic mass is 35.5. The van der Waals surface area contributed by atoms with Crippen LogP contribution in [0.2, 0.25) is 0 Å². The first-order valence-corrected chi connectivity index (χ1v) is 9.37. The number of ether oxygens (including phenoxy) is 1. The number of rotatable bonds is 5. The molecular formula is C20H31ClN2O2. The second-order valence-electron chi connectivity index (χ2n) is 7.66. The maximum atomic E-state index is 12.3. The summed E-state index contributed by atoms with van der Waals surface area (Å²) in [5.74, 6) is 0.929. The van der Waals surface area contributed by atoms with E-state index in [1.807, 2.05) is 18.2 Å². The molecule has 4 atom stereocenters. The van der Waals surface area contributed by atoms with Crippen LogP contribution in [0.1, 0.15) is 57.4 Å². The zero-order valence-corrected chi connectivity index (χ0v) is 15.9. The normalized spacial score (nSPS) is 29.0. The zero-order valence-electron chi connectivity index (χ0n) is 15.1. The van der Waals surface area contributed by atoms with Crippen LogP contribution in [-0.4, -0.2) is 18.1 Å². The standard InChI is InChI=1S/C20H30N2O2.ClH/c1-14-4-2-7-19(10-14)24-13-15-5-3-6-18(11-15)22-20(23)16-8-9-17(21)12-16;/h3,5-6,11,14,16-17,19H,2,4,7-10,12-13,21H2,1H3,(H,22,23);1H. The second-order valence-corrected chi connectivity index (χ2v) is 7.66. The van der Waals surface area contributed by atoms with Gasteiger partial charge < -0.3 is 15.8 Å². The molecule has 1 aromatic carbocycles. The Labute approximate surface area is 157 Å². The van der Waals surface area contributed by atoms with E-state index < -0.39 is 0 Å². The van der Waals surface area contributed by atoms with Gasteiger partial charge in [0.1, 0.15) is 0 Å². The van der Waals surface area contributed by atoms with Crippen LogP contribution in [0.5, 0.6) is 0 Å². The number of nitrogens with two attached hydrogens (primary N) is 1. The molecule has 5 heteroatoms. The largest absolute Gasteiger partial charge is 0.374 e. The summed E-state index contributed by atoms with van der Waals surface area (Å²) in [5, 5.41) is 3.04. The second kappa shape index (κ2) is 9.56. The molecule has 2 saturated carbocycles. The molecule has 2 aliphatic carbocycles. The van der Waals surface area contributed by atoms with Gasteiger partial charge in [-0.25, -0.2) is 0 Å². The third kappa shape index (κ3) is 5.98. The summed E-state index contributed by atoms with van der Waals surface area (Å²) in [6.45, 7) is 2.93. The Morgan fingerprint density at radius 3 is 2.80 bits per heavy atom. The van der Waals surface area contributed by atoms with E-state index in [1.165, 1.54) is 25.7 Å². The fraction of sp³-hybridized carbons (Fsp3) is 0.650. The molecule has 2 fully saturated rings. The van der Waals surface area contributed by atoms with Crippen molar-refractivity contribution in [3.63, 3.8) is 0 Å². The average molecular weight is 367 g/mol. The van der Waals surface area contributed by atoms with Gasteiger partial charge in [0.05, 0.1) is 12.7 Å². The van der Waals surface area contributed by atoms with Crippen LogP contribution in [0.3, 0.4) is 0 Å². The molecule has 0 aromatic heterocycles. The molecule has 4 unspecified atom stereocenters. The molecule has 2 aliphatic rings. The van der Waals surface area contributed by atoms with E-state index in [2.05, 4.69) is 18.3 Å². The van der Waals surface area contributed by atoms with Crippen molar-refractivity contribution in [1.29, 1.82) is 0 Å². The van der Waals surface area contributed by atoms with E-state index in [4.69, 9.17) is 10.5 Å². The number of halogens is 1. The van der Waals surface area contributed by atoms with Crippen molar-refractivity contribution in [2.75, 3.05) is 5.32 Å². The van der Waals surface area contributed by atoms with Crippen molar-refractivity contribution in [3.05, 3.63) is 29.8 Å². The van der Waals surface area contributed by atoms with E-state index >= 15 is 0 Å². The summed E-state index contributed by atoms with van der Waals surface area (Å²) < 4.78 is 6.08. The lowest BCUT2D eigenvalue weighted by atomic mass is 9.89. The maximum absolute atomic E-state index is 12.3. The molecule has 3 rings (SSSR count). The van der Waals surface area contributed by atoms with Gasteiger partial charge in [0.2, 0.25) is 5.91 Å². The first-order chi connectivity index (χ1) is 11.6. The van der Waals surface area contributed by atoms with E-state index in [9.17, 15) is 4.79 Å². The van der Waals surface area contributed by atoms with E-state index in [0.29, 0.717) is 12.7 Å². The van der Waals surface area contributed by atoms with Crippen molar-refractivity contribution in [3.8, 4) is 0 Å². The highest BCUT2D eigenvalue weighted by Crippen LogP contribution is 2.27. The number of nitrogens with one attached hydrogen (secondary N) is 1. The zero-order chi connectivity index (χ0) is 16.9. The molecule has 4 nitrogen and oxygen atoms in total. The van der Waals surface area contributed by atoms with Gasteiger partial charge in [-0.1, -0.05) is 31.9 Å². The van der Waals surface area contributed by atoms with Crippen molar-refractivity contribution >= 4 is 24.0 Å². The molecule has 0 bridgehead atoms. The molecule has 1 aromatic rings. The Morgan fingerprint density at radius 2 is 2.08 bits per heavy atom. The fourth-order valence-corrected chi connectivity index (χ4v) is 3.98. The Kier molecular flexibility index (Phi) is 7.73. The summed E-state index contributed by atoms with van der Waals surface area (Å²) in [4.78, 5) is 12.3. The van der Waals surface area contributed by atoms with Gasteiger partial charge in [0.15, 0.2) is 0 Å². The highest BCUT2D eigenvalue weighted by Gasteiger charge is 2.27. The quantitative estimate of drug-likeness (QED) is 0.817. The fourth-order valence-electron chi connectivity index (χ4n) is 3.98. The Bertz CT molecular complexity index is 566. The monoisotopic (exact) mass is 366 g/mol. The minimum atomic E-state index is 0. The number of hydrogen-bond donors (Lipinski definition) is 2. The highest BCUT2D eigenvalue weighted by molar-refractivity contribution is 5.92. The number of carbonyl (C=O) groups excluding carboxylic acids is 1. The predicted molar refractivity (Wildman–Crippen MR) is 104 cm³/mol. The number of carbonyl (C=O) groups is 1. The van der Waals surface area contributed by atoms with Gasteiger partial charge in [-0.05, 0) is 55.7 Å². The summed E-state index contributed by atoms with van der Waals surface area (Å²) in [6, 6.07) is 8.20. The Balaban J connectivity index is 0.00000225. The third-order valence-electron chi connectivity index (χ3n) is 5.41. The third-order valence-corrected chi connectivity index (χ3v) is 5.41. The number of anilines is 1. The number of amides is 1. The molecule has 0 spiro atoms. The minimum absolute atomic E-state index is 0. The van der Waals surface area contributed by atoms with Crippen LogP contribution < -0.4 is 11.1 Å². The van der Waals surface area contributed by atoms with Crippen molar-refractivity contribution in [1.82, 2.24) is 0 Å². The summed E-state index contributed by atoms with van der Waals surface area (Å²) in [5.41, 5.74) is 7.88. The van der Waals surface area contributed by atoms with Gasteiger partial charge >= 0.3 is 0 Å². The molecule has 3 N–H and O–H groups in total. The smallest absolute Gasteiger partial charge is 0.227 e. The van der Waals surface area contributed by atoms with Crippen molar-refractivity contribution in [2.45, 2.75) is 70.6 Å². The van der Waals surface area contributed by atoms with Gasteiger partial charge in [0, 0.05) is 17.6 Å². The SMILES string of the molecule is CC1CCCC(OCc2cccc(NC(=O)C3CCC(N)C3)c2)C1.Cl. The number of hydrogen-bond acceptors (Lipinski definition) is 3. The summed E-state index contributed by atoms with van der Waals surface area (Å²) in [7, 11) is 0. The lowest BCUT2D eigenvalue weighted by Crippen LogP contribution is -2.23. The first-order valence-electron chi connectivity index (χ1n) is 9.37. The van der Waals surface area contributed by atoms with Gasteiger partial charge in [-0.2, -0.15) is 0 Å². The average Bonchev–Trinajstić information content (AvgIpc) is 3.00. The number of benzene rings is 1. The molecule has 0 aliphatic heterocycles. The first kappa shape index (κ1) is 20.2. The van der Waals surface area contributed by atoms with Crippen molar-refractivity contribution in [2.24, 2.45) is 17.6 Å². The van der Waals surface area contributed by atoms with Crippen LogP contribution in [-0.2, 0) is 16.1 Å². The van der Waals surface area contributed by atoms with Gasteiger partial charge in [-0.3, -0.25) is 4.79 Å². The lowest BCUT2D eigenvalue weighted by Gasteiger charge is -2.26. The van der Waals surface area contributed by atoms with Crippen LogP contribution in [0, 0.1) is 11.8 Å². The van der Waals surface area contributed by atoms with Crippen LogP contribution in [0.15, 0.2) is 24.3 Å². The Hall–Kier alpha value is -1.10. The van der Waals surface area contributed by atoms with Gasteiger partial charge in [-0.15, -0.1) is 12.4 Å². The van der Waals surface area contributed by atoms with Crippen LogP contribution in [0.4, 0.5) is 5.69 Å². The molecule has 0 saturated heterocycles. The Morgan fingerprint density at radius 1 is 1.24 bits per heavy atom. The molecule has 0 heterocycles. The summed E-state index contributed by atoms with van der Waals surface area (Å²) >= 11 is 0. The topological polar surface area (TPSA) is 64.3 Å². The molecule has 25 heavy (non-hydrogen) atoms. The molecule has 1 amide bonds. The maximum Gasteiger partial charge on any atom is 0.227 e. The van der Waals surface area contributed by atoms with E-state index in [0.717, 1.165) is 36.4 Å².